The first-order valence-corrected chi connectivity index (χ1v) is 12.0. The predicted molar refractivity (Wildman–Crippen MR) is 139 cm³/mol. The predicted octanol–water partition coefficient (Wildman–Crippen LogP) is 6.58. The summed E-state index contributed by atoms with van der Waals surface area (Å²) in [5.74, 6) is 5.89. The largest absolute Gasteiger partial charge is 0.497 e. The number of methoxy groups -OCH3 is 1. The van der Waals surface area contributed by atoms with Crippen molar-refractivity contribution in [2.75, 3.05) is 13.7 Å². The molecule has 0 fully saturated rings. The molecule has 3 N–H and O–H groups in total. The first-order valence-electron chi connectivity index (χ1n) is 12.0. The molecule has 0 heterocycles. The highest BCUT2D eigenvalue weighted by Gasteiger charge is 2.35. The highest BCUT2D eigenvalue weighted by molar-refractivity contribution is 5.66. The summed E-state index contributed by atoms with van der Waals surface area (Å²) < 4.78 is 51.1. The van der Waals surface area contributed by atoms with Gasteiger partial charge in [0.25, 0.3) is 0 Å². The van der Waals surface area contributed by atoms with Gasteiger partial charge in [-0.1, -0.05) is 37.3 Å². The monoisotopic (exact) mass is 505 g/mol. The summed E-state index contributed by atoms with van der Waals surface area (Å²) in [6.07, 6.45) is 6.13. The zero-order chi connectivity index (χ0) is 26.9. The van der Waals surface area contributed by atoms with Crippen LogP contribution in [0.5, 0.6) is 0 Å². The number of benzene rings is 1. The lowest BCUT2D eigenvalue weighted by Crippen LogP contribution is -2.29. The molecule has 36 heavy (non-hydrogen) atoms. The van der Waals surface area contributed by atoms with Crippen LogP contribution in [0, 0.1) is 5.92 Å². The second-order valence-corrected chi connectivity index (χ2v) is 9.63. The average Bonchev–Trinajstić information content (AvgIpc) is 3.04. The lowest BCUT2D eigenvalue weighted by Gasteiger charge is -2.25. The van der Waals surface area contributed by atoms with E-state index in [-0.39, 0.29) is 11.3 Å². The number of nitrogens with zero attached hydrogens (tertiary/aromatic N) is 1. The van der Waals surface area contributed by atoms with E-state index in [1.807, 2.05) is 45.1 Å². The Morgan fingerprint density at radius 1 is 1.17 bits per heavy atom. The number of nitrogens with two attached hydrogens (primary N) is 1. The fraction of sp³-hybridized carbons (Fsp3) is 0.429. The Morgan fingerprint density at radius 2 is 1.83 bits per heavy atom. The highest BCUT2D eigenvalue weighted by atomic mass is 19.4. The molecule has 0 spiro atoms. The average molecular weight is 506 g/mol. The van der Waals surface area contributed by atoms with Crippen molar-refractivity contribution >= 4 is 5.70 Å². The topological polar surface area (TPSA) is 59.8 Å². The lowest BCUT2D eigenvalue weighted by molar-refractivity contribution is -0.156. The molecule has 0 saturated heterocycles. The molecular formula is C28H38F3N3O2. The van der Waals surface area contributed by atoms with E-state index in [0.29, 0.717) is 35.9 Å². The molecule has 1 aromatic rings. The third-order valence-electron chi connectivity index (χ3n) is 5.41. The molecule has 1 aliphatic carbocycles. The molecule has 0 saturated carbocycles. The van der Waals surface area contributed by atoms with Gasteiger partial charge in [0.05, 0.1) is 24.4 Å². The van der Waals surface area contributed by atoms with Crippen LogP contribution in [0.1, 0.15) is 51.7 Å². The van der Waals surface area contributed by atoms with Gasteiger partial charge in [-0.05, 0) is 82.0 Å². The molecule has 8 heteroatoms. The van der Waals surface area contributed by atoms with Crippen LogP contribution in [-0.4, -0.2) is 30.4 Å². The van der Waals surface area contributed by atoms with Crippen molar-refractivity contribution in [2.45, 2.75) is 58.7 Å². The summed E-state index contributed by atoms with van der Waals surface area (Å²) in [7, 11) is 1.56. The van der Waals surface area contributed by atoms with E-state index >= 15 is 0 Å². The van der Waals surface area contributed by atoms with E-state index < -0.39 is 12.1 Å². The van der Waals surface area contributed by atoms with E-state index in [2.05, 4.69) is 11.9 Å². The summed E-state index contributed by atoms with van der Waals surface area (Å²) in [4.78, 5) is 0. The summed E-state index contributed by atoms with van der Waals surface area (Å²) in [5, 5.41) is 4.45. The van der Waals surface area contributed by atoms with Gasteiger partial charge >= 0.3 is 6.18 Å². The van der Waals surface area contributed by atoms with Gasteiger partial charge in [-0.15, -0.1) is 0 Å². The summed E-state index contributed by atoms with van der Waals surface area (Å²) in [6, 6.07) is 7.44. The smallest absolute Gasteiger partial charge is 0.394 e. The minimum atomic E-state index is -4.38. The molecule has 1 aliphatic rings. The van der Waals surface area contributed by atoms with Crippen LogP contribution < -0.4 is 11.2 Å². The zero-order valence-electron chi connectivity index (χ0n) is 21.8. The number of hydrogen-bond acceptors (Lipinski definition) is 5. The van der Waals surface area contributed by atoms with Gasteiger partial charge in [0, 0.05) is 6.54 Å². The SMILES string of the molecule is C=C(NCCCc1ccc(/C(=C/C(C)C(F)(F)F)N(N)C2=CCC=C(OC)C=C2)cc1)OC(C)(C)C. The molecule has 198 valence electrons. The van der Waals surface area contributed by atoms with Crippen LogP contribution in [0.2, 0.25) is 0 Å². The van der Waals surface area contributed by atoms with Crippen molar-refractivity contribution in [3.63, 3.8) is 0 Å². The molecule has 0 amide bonds. The Bertz CT molecular complexity index is 1000. The van der Waals surface area contributed by atoms with Crippen LogP contribution in [-0.2, 0) is 15.9 Å². The number of rotatable bonds is 11. The first kappa shape index (κ1) is 29.1. The second-order valence-electron chi connectivity index (χ2n) is 9.63. The van der Waals surface area contributed by atoms with E-state index in [4.69, 9.17) is 15.3 Å². The summed E-state index contributed by atoms with van der Waals surface area (Å²) in [5.41, 5.74) is 2.21. The molecule has 0 aromatic heterocycles. The summed E-state index contributed by atoms with van der Waals surface area (Å²) >= 11 is 0. The van der Waals surface area contributed by atoms with Crippen LogP contribution in [0.3, 0.4) is 0 Å². The molecule has 1 atom stereocenters. The van der Waals surface area contributed by atoms with Gasteiger partial charge in [-0.3, -0.25) is 5.01 Å². The minimum absolute atomic E-state index is 0.278. The van der Waals surface area contributed by atoms with Crippen LogP contribution in [0.15, 0.2) is 78.6 Å². The van der Waals surface area contributed by atoms with E-state index in [1.54, 1.807) is 31.4 Å². The maximum Gasteiger partial charge on any atom is 0.394 e. The number of hydrogen-bond donors (Lipinski definition) is 2. The van der Waals surface area contributed by atoms with Gasteiger partial charge < -0.3 is 14.8 Å². The van der Waals surface area contributed by atoms with Crippen LogP contribution in [0.25, 0.3) is 5.70 Å². The molecule has 0 aliphatic heterocycles. The molecule has 5 nitrogen and oxygen atoms in total. The van der Waals surface area contributed by atoms with Crippen molar-refractivity contribution in [3.8, 4) is 0 Å². The third kappa shape index (κ3) is 9.49. The fourth-order valence-corrected chi connectivity index (χ4v) is 3.48. The number of ether oxygens (including phenoxy) is 2. The van der Waals surface area contributed by atoms with E-state index in [9.17, 15) is 13.2 Å². The Balaban J connectivity index is 2.14. The van der Waals surface area contributed by atoms with Gasteiger partial charge in [0.15, 0.2) is 5.88 Å². The number of halogens is 3. The molecule has 2 rings (SSSR count). The van der Waals surface area contributed by atoms with Crippen molar-refractivity contribution < 1.29 is 22.6 Å². The van der Waals surface area contributed by atoms with Crippen LogP contribution >= 0.6 is 0 Å². The molecule has 0 bridgehead atoms. The van der Waals surface area contributed by atoms with Crippen molar-refractivity contribution in [1.29, 1.82) is 0 Å². The quantitative estimate of drug-likeness (QED) is 0.154. The number of allylic oxidation sites excluding steroid dienone is 5. The minimum Gasteiger partial charge on any atom is -0.497 e. The molecular weight excluding hydrogens is 467 g/mol. The van der Waals surface area contributed by atoms with Gasteiger partial charge in [0.1, 0.15) is 11.4 Å². The fourth-order valence-electron chi connectivity index (χ4n) is 3.48. The van der Waals surface area contributed by atoms with Crippen molar-refractivity contribution in [1.82, 2.24) is 10.3 Å². The standard InChI is InChI=1S/C28H38F3N3O2/c1-20(28(29,30)31)19-26(34(32)24-10-7-11-25(35-6)17-16-24)23-14-12-22(13-15-23)9-8-18-33-21(2)36-27(3,4)5/h10-17,19-20,33H,2,7-9,18,32H2,1,3-6H3/b26-19-. The number of hydrazine groups is 1. The Labute approximate surface area is 212 Å². The zero-order valence-corrected chi connectivity index (χ0v) is 21.8. The lowest BCUT2D eigenvalue weighted by atomic mass is 10.0. The van der Waals surface area contributed by atoms with Gasteiger partial charge in [-0.2, -0.15) is 13.2 Å². The Morgan fingerprint density at radius 3 is 2.42 bits per heavy atom. The number of aryl methyl sites for hydroxylation is 1. The third-order valence-corrected chi connectivity index (χ3v) is 5.41. The Kier molecular flexibility index (Phi) is 10.3. The summed E-state index contributed by atoms with van der Waals surface area (Å²) in [6.45, 7) is 11.6. The maximum atomic E-state index is 13.4. The normalized spacial score (nSPS) is 15.4. The molecule has 1 aromatic carbocycles. The van der Waals surface area contributed by atoms with Gasteiger partial charge in [0.2, 0.25) is 0 Å². The number of alkyl halides is 3. The van der Waals surface area contributed by atoms with E-state index in [1.165, 1.54) is 5.01 Å². The van der Waals surface area contributed by atoms with Crippen LogP contribution in [0.4, 0.5) is 13.2 Å². The van der Waals surface area contributed by atoms with Gasteiger partial charge in [-0.25, -0.2) is 5.84 Å². The maximum absolute atomic E-state index is 13.4. The Hall–Kier alpha value is -3.13. The van der Waals surface area contributed by atoms with Crippen molar-refractivity contribution in [2.24, 2.45) is 11.8 Å². The highest BCUT2D eigenvalue weighted by Crippen LogP contribution is 2.32. The van der Waals surface area contributed by atoms with Crippen molar-refractivity contribution in [3.05, 3.63) is 89.7 Å². The molecule has 1 unspecified atom stereocenters. The first-order chi connectivity index (χ1) is 16.8. The van der Waals surface area contributed by atoms with E-state index in [0.717, 1.165) is 31.4 Å². The second kappa shape index (κ2) is 12.7. The molecule has 0 radical (unpaired) electrons. The number of nitrogens with one attached hydrogen (secondary N) is 1.